The molecular formula is C15H22O5S. The number of benzene rings is 1. The van der Waals surface area contributed by atoms with Crippen LogP contribution in [0.15, 0.2) is 29.2 Å². The standard InChI is InChI=1S/C15H22O5S/c1-12-5-7-13(8-6-12)21(16,17)20-11-15(2,3)14-18-9-4-10-19-14/h5-8,14H,4,9-11H2,1-3H3. The molecule has 0 amide bonds. The van der Waals surface area contributed by atoms with Crippen LogP contribution in [0.3, 0.4) is 0 Å². The topological polar surface area (TPSA) is 61.8 Å². The molecular weight excluding hydrogens is 292 g/mol. The third-order valence-electron chi connectivity index (χ3n) is 3.36. The smallest absolute Gasteiger partial charge is 0.296 e. The van der Waals surface area contributed by atoms with E-state index >= 15 is 0 Å². The van der Waals surface area contributed by atoms with Gasteiger partial charge in [0.15, 0.2) is 6.29 Å². The molecule has 0 radical (unpaired) electrons. The van der Waals surface area contributed by atoms with Crippen LogP contribution in [-0.4, -0.2) is 34.5 Å². The van der Waals surface area contributed by atoms with Crippen molar-refractivity contribution < 1.29 is 22.1 Å². The Labute approximate surface area is 126 Å². The highest BCUT2D eigenvalue weighted by Crippen LogP contribution is 2.28. The summed E-state index contributed by atoms with van der Waals surface area (Å²) in [5.41, 5.74) is 0.455. The Morgan fingerprint density at radius 2 is 1.76 bits per heavy atom. The fraction of sp³-hybridized carbons (Fsp3) is 0.600. The maximum atomic E-state index is 12.2. The Morgan fingerprint density at radius 3 is 2.33 bits per heavy atom. The molecule has 1 aliphatic rings. The Balaban J connectivity index is 2.01. The van der Waals surface area contributed by atoms with Gasteiger partial charge < -0.3 is 9.47 Å². The average molecular weight is 314 g/mol. The van der Waals surface area contributed by atoms with Gasteiger partial charge in [0.25, 0.3) is 10.1 Å². The fourth-order valence-corrected chi connectivity index (χ4v) is 3.07. The van der Waals surface area contributed by atoms with Crippen LogP contribution in [0.1, 0.15) is 25.8 Å². The van der Waals surface area contributed by atoms with E-state index in [1.807, 2.05) is 20.8 Å². The van der Waals surface area contributed by atoms with Crippen molar-refractivity contribution in [1.29, 1.82) is 0 Å². The van der Waals surface area contributed by atoms with Gasteiger partial charge in [-0.1, -0.05) is 31.5 Å². The van der Waals surface area contributed by atoms with E-state index in [1.54, 1.807) is 24.3 Å². The minimum atomic E-state index is -3.76. The Kier molecular flexibility index (Phi) is 5.03. The van der Waals surface area contributed by atoms with Crippen LogP contribution < -0.4 is 0 Å². The van der Waals surface area contributed by atoms with Crippen LogP contribution in [0.5, 0.6) is 0 Å². The third kappa shape index (κ3) is 4.26. The van der Waals surface area contributed by atoms with E-state index in [2.05, 4.69) is 0 Å². The number of hydrogen-bond donors (Lipinski definition) is 0. The minimum absolute atomic E-state index is 0.00781. The van der Waals surface area contributed by atoms with Crippen LogP contribution in [0.25, 0.3) is 0 Å². The maximum absolute atomic E-state index is 12.2. The zero-order valence-corrected chi connectivity index (χ0v) is 13.5. The van der Waals surface area contributed by atoms with Crippen molar-refractivity contribution in [3.05, 3.63) is 29.8 Å². The SMILES string of the molecule is Cc1ccc(S(=O)(=O)OCC(C)(C)C2OCCCO2)cc1. The fourth-order valence-electron chi connectivity index (χ4n) is 2.01. The molecule has 1 heterocycles. The molecule has 0 N–H and O–H groups in total. The van der Waals surface area contributed by atoms with Crippen molar-refractivity contribution >= 4 is 10.1 Å². The lowest BCUT2D eigenvalue weighted by Gasteiger charge is -2.35. The van der Waals surface area contributed by atoms with Crippen molar-refractivity contribution in [2.45, 2.75) is 38.4 Å². The minimum Gasteiger partial charge on any atom is -0.352 e. The van der Waals surface area contributed by atoms with Crippen molar-refractivity contribution in [3.8, 4) is 0 Å². The first-order valence-electron chi connectivity index (χ1n) is 7.01. The van der Waals surface area contributed by atoms with E-state index in [1.165, 1.54) is 0 Å². The molecule has 1 aliphatic heterocycles. The normalized spacial score (nSPS) is 17.9. The van der Waals surface area contributed by atoms with Crippen LogP contribution in [-0.2, 0) is 23.8 Å². The van der Waals surface area contributed by atoms with Crippen LogP contribution >= 0.6 is 0 Å². The largest absolute Gasteiger partial charge is 0.352 e. The van der Waals surface area contributed by atoms with Gasteiger partial charge in [-0.15, -0.1) is 0 Å². The first-order valence-corrected chi connectivity index (χ1v) is 8.41. The summed E-state index contributed by atoms with van der Waals surface area (Å²) in [4.78, 5) is 0.161. The molecule has 0 bridgehead atoms. The first kappa shape index (κ1) is 16.4. The lowest BCUT2D eigenvalue weighted by atomic mass is 9.94. The summed E-state index contributed by atoms with van der Waals surface area (Å²) in [6.45, 7) is 6.89. The van der Waals surface area contributed by atoms with Gasteiger partial charge in [-0.05, 0) is 25.5 Å². The van der Waals surface area contributed by atoms with E-state index in [-0.39, 0.29) is 11.5 Å². The second kappa shape index (κ2) is 6.44. The molecule has 21 heavy (non-hydrogen) atoms. The van der Waals surface area contributed by atoms with Gasteiger partial charge in [0.2, 0.25) is 0 Å². The lowest BCUT2D eigenvalue weighted by molar-refractivity contribution is -0.233. The molecule has 0 unspecified atom stereocenters. The van der Waals surface area contributed by atoms with Gasteiger partial charge in [0, 0.05) is 5.41 Å². The molecule has 6 heteroatoms. The Bertz CT molecular complexity index is 556. The molecule has 0 atom stereocenters. The number of rotatable bonds is 5. The predicted molar refractivity (Wildman–Crippen MR) is 78.4 cm³/mol. The van der Waals surface area contributed by atoms with Crippen molar-refractivity contribution in [2.75, 3.05) is 19.8 Å². The molecule has 0 aromatic heterocycles. The highest BCUT2D eigenvalue weighted by molar-refractivity contribution is 7.86. The molecule has 0 spiro atoms. The van der Waals surface area contributed by atoms with Gasteiger partial charge in [-0.3, -0.25) is 4.18 Å². The van der Waals surface area contributed by atoms with Crippen LogP contribution in [0.4, 0.5) is 0 Å². The van der Waals surface area contributed by atoms with Gasteiger partial charge in [0.1, 0.15) is 0 Å². The van der Waals surface area contributed by atoms with Crippen molar-refractivity contribution in [3.63, 3.8) is 0 Å². The Hall–Kier alpha value is -0.950. The van der Waals surface area contributed by atoms with E-state index in [9.17, 15) is 8.42 Å². The molecule has 5 nitrogen and oxygen atoms in total. The summed E-state index contributed by atoms with van der Waals surface area (Å²) >= 11 is 0. The summed E-state index contributed by atoms with van der Waals surface area (Å²) in [6.07, 6.45) is 0.411. The quantitative estimate of drug-likeness (QED) is 0.781. The summed E-state index contributed by atoms with van der Waals surface area (Å²) in [5, 5.41) is 0. The van der Waals surface area contributed by atoms with Crippen molar-refractivity contribution in [2.24, 2.45) is 5.41 Å². The number of ether oxygens (including phenoxy) is 2. The number of aryl methyl sites for hydroxylation is 1. The average Bonchev–Trinajstić information content (AvgIpc) is 2.47. The van der Waals surface area contributed by atoms with Gasteiger partial charge in [-0.25, -0.2) is 0 Å². The van der Waals surface area contributed by atoms with Crippen LogP contribution in [0, 0.1) is 12.3 Å². The van der Waals surface area contributed by atoms with E-state index in [0.717, 1.165) is 12.0 Å². The van der Waals surface area contributed by atoms with Crippen LogP contribution in [0.2, 0.25) is 0 Å². The molecule has 1 aromatic carbocycles. The zero-order valence-electron chi connectivity index (χ0n) is 12.7. The van der Waals surface area contributed by atoms with E-state index in [0.29, 0.717) is 13.2 Å². The third-order valence-corrected chi connectivity index (χ3v) is 4.64. The first-order chi connectivity index (χ1) is 9.81. The van der Waals surface area contributed by atoms with Crippen molar-refractivity contribution in [1.82, 2.24) is 0 Å². The maximum Gasteiger partial charge on any atom is 0.296 e. The van der Waals surface area contributed by atoms with Gasteiger partial charge >= 0.3 is 0 Å². The lowest BCUT2D eigenvalue weighted by Crippen LogP contribution is -2.41. The summed E-state index contributed by atoms with van der Waals surface area (Å²) in [7, 11) is -3.76. The van der Waals surface area contributed by atoms with E-state index < -0.39 is 21.8 Å². The Morgan fingerprint density at radius 1 is 1.19 bits per heavy atom. The second-order valence-corrected chi connectivity index (χ2v) is 7.56. The van der Waals surface area contributed by atoms with Gasteiger partial charge in [-0.2, -0.15) is 8.42 Å². The molecule has 2 rings (SSSR count). The summed E-state index contributed by atoms with van der Waals surface area (Å²) in [5.74, 6) is 0. The summed E-state index contributed by atoms with van der Waals surface area (Å²) in [6, 6.07) is 6.58. The highest BCUT2D eigenvalue weighted by Gasteiger charge is 2.35. The highest BCUT2D eigenvalue weighted by atomic mass is 32.2. The molecule has 1 fully saturated rings. The molecule has 1 saturated heterocycles. The molecule has 0 saturated carbocycles. The zero-order chi connectivity index (χ0) is 15.5. The van der Waals surface area contributed by atoms with Gasteiger partial charge in [0.05, 0.1) is 24.7 Å². The molecule has 0 aliphatic carbocycles. The van der Waals surface area contributed by atoms with E-state index in [4.69, 9.17) is 13.7 Å². The molecule has 118 valence electrons. The summed E-state index contributed by atoms with van der Waals surface area (Å²) < 4.78 is 40.6. The predicted octanol–water partition coefficient (Wildman–Crippen LogP) is 2.49. The molecule has 1 aromatic rings. The number of hydrogen-bond acceptors (Lipinski definition) is 5. The second-order valence-electron chi connectivity index (χ2n) is 5.95. The monoisotopic (exact) mass is 314 g/mol.